The summed E-state index contributed by atoms with van der Waals surface area (Å²) >= 11 is 0. The molecule has 0 aliphatic carbocycles. The van der Waals surface area contributed by atoms with Crippen molar-refractivity contribution >= 4 is 0 Å². The van der Waals surface area contributed by atoms with Crippen molar-refractivity contribution in [3.8, 4) is 0 Å². The van der Waals surface area contributed by atoms with E-state index in [4.69, 9.17) is 15.6 Å². The van der Waals surface area contributed by atoms with Gasteiger partial charge in [0.05, 0.1) is 12.2 Å². The van der Waals surface area contributed by atoms with E-state index in [2.05, 4.69) is 11.6 Å². The van der Waals surface area contributed by atoms with E-state index in [0.717, 1.165) is 10.1 Å². The van der Waals surface area contributed by atoms with E-state index in [1.165, 1.54) is 6.20 Å². The zero-order valence-electron chi connectivity index (χ0n) is 13.4. The molecule has 1 aliphatic heterocycles. The Morgan fingerprint density at radius 3 is 2.67 bits per heavy atom. The average Bonchev–Trinajstić information content (AvgIpc) is 2.80. The summed E-state index contributed by atoms with van der Waals surface area (Å²) in [6.07, 6.45) is -2.72. The minimum absolute atomic E-state index is 0.161. The average molecular weight is 341 g/mol. The molecule has 0 radical (unpaired) electrons. The summed E-state index contributed by atoms with van der Waals surface area (Å²) in [5, 5.41) is 29.0. The Hall–Kier alpha value is -1.78. The van der Waals surface area contributed by atoms with Gasteiger partial charge in [0, 0.05) is 12.2 Å². The van der Waals surface area contributed by atoms with Crippen molar-refractivity contribution in [2.24, 2.45) is 5.73 Å². The maximum absolute atomic E-state index is 12.0. The SMILES string of the molecule is C=C(C)CCC(N)c1cn([C@@H]2O[C@H](CO)[C@@H](O)[C@H]2O)c(=O)[nH]c1=O. The van der Waals surface area contributed by atoms with Crippen LogP contribution in [0.2, 0.25) is 0 Å². The maximum Gasteiger partial charge on any atom is 0.330 e. The van der Waals surface area contributed by atoms with Gasteiger partial charge < -0.3 is 25.8 Å². The molecule has 1 unspecified atom stereocenters. The van der Waals surface area contributed by atoms with Crippen molar-refractivity contribution in [2.75, 3.05) is 6.61 Å². The van der Waals surface area contributed by atoms with Crippen LogP contribution in [0.4, 0.5) is 0 Å². The second kappa shape index (κ2) is 7.41. The minimum Gasteiger partial charge on any atom is -0.394 e. The number of ether oxygens (including phenoxy) is 1. The van der Waals surface area contributed by atoms with Gasteiger partial charge in [0.2, 0.25) is 0 Å². The van der Waals surface area contributed by atoms with Crippen molar-refractivity contribution in [3.05, 3.63) is 44.8 Å². The number of nitrogens with zero attached hydrogens (tertiary/aromatic N) is 1. The van der Waals surface area contributed by atoms with E-state index < -0.39 is 48.4 Å². The van der Waals surface area contributed by atoms with Gasteiger partial charge in [0.1, 0.15) is 18.3 Å². The molecule has 1 aromatic rings. The number of aliphatic hydroxyl groups excluding tert-OH is 3. The normalized spacial score (nSPS) is 28.0. The van der Waals surface area contributed by atoms with Gasteiger partial charge in [-0.1, -0.05) is 5.57 Å². The lowest BCUT2D eigenvalue weighted by Gasteiger charge is -2.19. The van der Waals surface area contributed by atoms with Gasteiger partial charge in [-0.2, -0.15) is 0 Å². The third-order valence-corrected chi connectivity index (χ3v) is 4.07. The molecule has 0 aromatic carbocycles. The molecular weight excluding hydrogens is 318 g/mol. The van der Waals surface area contributed by atoms with Crippen molar-refractivity contribution in [2.45, 2.75) is 50.3 Å². The van der Waals surface area contributed by atoms with Crippen LogP contribution in [0.1, 0.15) is 37.6 Å². The monoisotopic (exact) mass is 341 g/mol. The molecule has 0 bridgehead atoms. The summed E-state index contributed by atoms with van der Waals surface area (Å²) in [5.74, 6) is 0. The molecule has 0 spiro atoms. The third kappa shape index (κ3) is 3.65. The zero-order chi connectivity index (χ0) is 18.0. The van der Waals surface area contributed by atoms with Crippen LogP contribution < -0.4 is 17.0 Å². The van der Waals surface area contributed by atoms with E-state index in [1.807, 2.05) is 6.92 Å². The Labute approximate surface area is 138 Å². The third-order valence-electron chi connectivity index (χ3n) is 4.07. The molecule has 134 valence electrons. The summed E-state index contributed by atoms with van der Waals surface area (Å²) in [7, 11) is 0. The molecule has 1 aromatic heterocycles. The first-order valence-electron chi connectivity index (χ1n) is 7.64. The first-order valence-corrected chi connectivity index (χ1v) is 7.64. The van der Waals surface area contributed by atoms with Crippen molar-refractivity contribution in [1.82, 2.24) is 9.55 Å². The van der Waals surface area contributed by atoms with Gasteiger partial charge in [-0.3, -0.25) is 14.3 Å². The van der Waals surface area contributed by atoms with Gasteiger partial charge in [0.15, 0.2) is 6.23 Å². The lowest BCUT2D eigenvalue weighted by atomic mass is 10.0. The van der Waals surface area contributed by atoms with Crippen LogP contribution >= 0.6 is 0 Å². The number of nitrogens with two attached hydrogens (primary N) is 1. The van der Waals surface area contributed by atoms with E-state index in [-0.39, 0.29) is 5.56 Å². The van der Waals surface area contributed by atoms with E-state index in [0.29, 0.717) is 12.8 Å². The second-order valence-corrected chi connectivity index (χ2v) is 6.08. The number of aliphatic hydroxyl groups is 3. The fourth-order valence-electron chi connectivity index (χ4n) is 2.62. The highest BCUT2D eigenvalue weighted by molar-refractivity contribution is 5.11. The lowest BCUT2D eigenvalue weighted by Crippen LogP contribution is -2.39. The van der Waals surface area contributed by atoms with Gasteiger partial charge in [-0.05, 0) is 19.8 Å². The molecule has 9 heteroatoms. The Morgan fingerprint density at radius 2 is 2.12 bits per heavy atom. The molecular formula is C15H23N3O6. The Morgan fingerprint density at radius 1 is 1.46 bits per heavy atom. The molecule has 1 fully saturated rings. The molecule has 2 rings (SSSR count). The molecule has 24 heavy (non-hydrogen) atoms. The number of rotatable bonds is 6. The van der Waals surface area contributed by atoms with Crippen LogP contribution in [-0.2, 0) is 4.74 Å². The van der Waals surface area contributed by atoms with Crippen molar-refractivity contribution < 1.29 is 20.1 Å². The molecule has 5 atom stereocenters. The molecule has 9 nitrogen and oxygen atoms in total. The molecule has 0 saturated carbocycles. The van der Waals surface area contributed by atoms with E-state index in [1.54, 1.807) is 0 Å². The predicted octanol–water partition coefficient (Wildman–Crippen LogP) is -1.50. The lowest BCUT2D eigenvalue weighted by molar-refractivity contribution is -0.0551. The molecule has 1 saturated heterocycles. The highest BCUT2D eigenvalue weighted by atomic mass is 16.6. The fourth-order valence-corrected chi connectivity index (χ4v) is 2.62. The van der Waals surface area contributed by atoms with Crippen LogP contribution in [0.5, 0.6) is 0 Å². The predicted molar refractivity (Wildman–Crippen MR) is 85.3 cm³/mol. The highest BCUT2D eigenvalue weighted by Crippen LogP contribution is 2.28. The number of hydrogen-bond acceptors (Lipinski definition) is 7. The summed E-state index contributed by atoms with van der Waals surface area (Å²) in [5.41, 5.74) is 5.67. The van der Waals surface area contributed by atoms with Crippen LogP contribution in [0, 0.1) is 0 Å². The first kappa shape index (κ1) is 18.6. The van der Waals surface area contributed by atoms with Gasteiger partial charge in [-0.15, -0.1) is 6.58 Å². The summed E-state index contributed by atoms with van der Waals surface area (Å²) in [6.45, 7) is 5.10. The van der Waals surface area contributed by atoms with Gasteiger partial charge in [-0.25, -0.2) is 4.79 Å². The van der Waals surface area contributed by atoms with Crippen LogP contribution in [0.25, 0.3) is 0 Å². The first-order chi connectivity index (χ1) is 11.3. The largest absolute Gasteiger partial charge is 0.394 e. The molecule has 0 amide bonds. The summed E-state index contributed by atoms with van der Waals surface area (Å²) in [4.78, 5) is 26.2. The standard InChI is InChI=1S/C15H23N3O6/c1-7(2)3-4-9(16)8-5-18(15(23)17-13(8)22)14-12(21)11(20)10(6-19)24-14/h5,9-12,14,19-21H,1,3-4,6,16H2,2H3,(H,17,22,23)/t9?,10-,11-,12-,14-/m1/s1. The molecule has 6 N–H and O–H groups in total. The Kier molecular flexibility index (Phi) is 5.73. The van der Waals surface area contributed by atoms with Gasteiger partial charge in [0.25, 0.3) is 5.56 Å². The number of aromatic nitrogens is 2. The maximum atomic E-state index is 12.0. The van der Waals surface area contributed by atoms with E-state index >= 15 is 0 Å². The highest BCUT2D eigenvalue weighted by Gasteiger charge is 2.43. The number of aromatic amines is 1. The van der Waals surface area contributed by atoms with Crippen molar-refractivity contribution in [3.63, 3.8) is 0 Å². The Balaban J connectivity index is 2.35. The van der Waals surface area contributed by atoms with Crippen molar-refractivity contribution in [1.29, 1.82) is 0 Å². The summed E-state index contributed by atoms with van der Waals surface area (Å²) in [6, 6.07) is -0.630. The summed E-state index contributed by atoms with van der Waals surface area (Å²) < 4.78 is 6.28. The second-order valence-electron chi connectivity index (χ2n) is 6.08. The number of H-pyrrole nitrogens is 1. The smallest absolute Gasteiger partial charge is 0.330 e. The van der Waals surface area contributed by atoms with Gasteiger partial charge >= 0.3 is 5.69 Å². The minimum atomic E-state index is -1.43. The number of allylic oxidation sites excluding steroid dienone is 1. The Bertz CT molecular complexity index is 712. The van der Waals surface area contributed by atoms with E-state index in [9.17, 15) is 19.8 Å². The van der Waals surface area contributed by atoms with Crippen LogP contribution in [-0.4, -0.2) is 49.8 Å². The fraction of sp³-hybridized carbons (Fsp3) is 0.600. The number of nitrogens with one attached hydrogen (secondary N) is 1. The van der Waals surface area contributed by atoms with Crippen LogP contribution in [0.15, 0.2) is 27.9 Å². The number of hydrogen-bond donors (Lipinski definition) is 5. The topological polar surface area (TPSA) is 151 Å². The molecule has 2 heterocycles. The zero-order valence-corrected chi connectivity index (χ0v) is 13.4. The molecule has 1 aliphatic rings. The van der Waals surface area contributed by atoms with Crippen LogP contribution in [0.3, 0.4) is 0 Å². The quantitative estimate of drug-likeness (QED) is 0.395.